The number of rotatable bonds is 4. The van der Waals surface area contributed by atoms with Crippen molar-refractivity contribution in [3.8, 4) is 0 Å². The first-order chi connectivity index (χ1) is 8.06. The monoisotopic (exact) mass is 238 g/mol. The van der Waals surface area contributed by atoms with Crippen LogP contribution in [-0.4, -0.2) is 29.9 Å². The Balaban J connectivity index is 2.50. The molecule has 0 radical (unpaired) electrons. The SMILES string of the molecule is C=CCC(N)C(=O)N1CCCC(C(C)C)CC1. The van der Waals surface area contributed by atoms with E-state index in [9.17, 15) is 4.79 Å². The summed E-state index contributed by atoms with van der Waals surface area (Å²) in [5.74, 6) is 1.56. The molecule has 1 amide bonds. The molecular formula is C14H26N2O. The zero-order valence-electron chi connectivity index (χ0n) is 11.2. The van der Waals surface area contributed by atoms with Crippen LogP contribution in [0.4, 0.5) is 0 Å². The lowest BCUT2D eigenvalue weighted by molar-refractivity contribution is -0.132. The maximum Gasteiger partial charge on any atom is 0.239 e. The summed E-state index contributed by atoms with van der Waals surface area (Å²) in [7, 11) is 0. The summed E-state index contributed by atoms with van der Waals surface area (Å²) in [5, 5.41) is 0. The molecule has 2 unspecified atom stereocenters. The fraction of sp³-hybridized carbons (Fsp3) is 0.786. The Labute approximate surface area is 105 Å². The van der Waals surface area contributed by atoms with E-state index in [0.29, 0.717) is 12.3 Å². The molecule has 0 aromatic rings. The fourth-order valence-corrected chi connectivity index (χ4v) is 2.52. The number of nitrogens with two attached hydrogens (primary N) is 1. The average molecular weight is 238 g/mol. The van der Waals surface area contributed by atoms with Crippen LogP contribution in [0.5, 0.6) is 0 Å². The van der Waals surface area contributed by atoms with Gasteiger partial charge in [-0.1, -0.05) is 19.9 Å². The van der Waals surface area contributed by atoms with Gasteiger partial charge >= 0.3 is 0 Å². The largest absolute Gasteiger partial charge is 0.341 e. The fourth-order valence-electron chi connectivity index (χ4n) is 2.52. The molecule has 0 aliphatic carbocycles. The van der Waals surface area contributed by atoms with Crippen molar-refractivity contribution >= 4 is 5.91 Å². The third-order valence-electron chi connectivity index (χ3n) is 3.77. The number of likely N-dealkylation sites (tertiary alicyclic amines) is 1. The van der Waals surface area contributed by atoms with Crippen LogP contribution in [0.15, 0.2) is 12.7 Å². The molecule has 3 heteroatoms. The summed E-state index contributed by atoms with van der Waals surface area (Å²) in [4.78, 5) is 14.0. The maximum atomic E-state index is 12.1. The Morgan fingerprint density at radius 2 is 2.18 bits per heavy atom. The topological polar surface area (TPSA) is 46.3 Å². The summed E-state index contributed by atoms with van der Waals surface area (Å²) in [6, 6.07) is -0.400. The second kappa shape index (κ2) is 6.80. The Hall–Kier alpha value is -0.830. The minimum atomic E-state index is -0.400. The van der Waals surface area contributed by atoms with Crippen molar-refractivity contribution in [1.82, 2.24) is 4.90 Å². The van der Waals surface area contributed by atoms with Crippen LogP contribution in [-0.2, 0) is 4.79 Å². The zero-order chi connectivity index (χ0) is 12.8. The summed E-state index contributed by atoms with van der Waals surface area (Å²) < 4.78 is 0. The van der Waals surface area contributed by atoms with Gasteiger partial charge in [-0.25, -0.2) is 0 Å². The van der Waals surface area contributed by atoms with Crippen LogP contribution in [0.3, 0.4) is 0 Å². The third-order valence-corrected chi connectivity index (χ3v) is 3.77. The van der Waals surface area contributed by atoms with Gasteiger partial charge in [0.05, 0.1) is 6.04 Å². The summed E-state index contributed by atoms with van der Waals surface area (Å²) >= 11 is 0. The van der Waals surface area contributed by atoms with Crippen molar-refractivity contribution in [2.75, 3.05) is 13.1 Å². The van der Waals surface area contributed by atoms with Crippen LogP contribution in [0.1, 0.15) is 39.5 Å². The first-order valence-corrected chi connectivity index (χ1v) is 6.71. The molecule has 0 bridgehead atoms. The van der Waals surface area contributed by atoms with Gasteiger partial charge < -0.3 is 10.6 Å². The lowest BCUT2D eigenvalue weighted by Gasteiger charge is -2.24. The van der Waals surface area contributed by atoms with E-state index in [-0.39, 0.29) is 5.91 Å². The minimum absolute atomic E-state index is 0.0920. The highest BCUT2D eigenvalue weighted by molar-refractivity contribution is 5.81. The van der Waals surface area contributed by atoms with E-state index in [4.69, 9.17) is 5.73 Å². The molecule has 1 saturated heterocycles. The molecule has 0 aromatic heterocycles. The van der Waals surface area contributed by atoms with Gasteiger partial charge in [0.2, 0.25) is 5.91 Å². The van der Waals surface area contributed by atoms with Crippen LogP contribution in [0.25, 0.3) is 0 Å². The van der Waals surface area contributed by atoms with Crippen molar-refractivity contribution in [1.29, 1.82) is 0 Å². The first kappa shape index (κ1) is 14.2. The number of carbonyl (C=O) groups excluding carboxylic acids is 1. The van der Waals surface area contributed by atoms with Crippen molar-refractivity contribution in [3.05, 3.63) is 12.7 Å². The molecule has 0 aromatic carbocycles. The highest BCUT2D eigenvalue weighted by atomic mass is 16.2. The van der Waals surface area contributed by atoms with Crippen LogP contribution < -0.4 is 5.73 Å². The molecule has 1 heterocycles. The van der Waals surface area contributed by atoms with Gasteiger partial charge in [0.25, 0.3) is 0 Å². The highest BCUT2D eigenvalue weighted by Crippen LogP contribution is 2.24. The second-order valence-electron chi connectivity index (χ2n) is 5.39. The van der Waals surface area contributed by atoms with E-state index < -0.39 is 6.04 Å². The Morgan fingerprint density at radius 3 is 2.76 bits per heavy atom. The molecule has 1 aliphatic heterocycles. The van der Waals surface area contributed by atoms with Crippen molar-refractivity contribution in [2.45, 2.75) is 45.6 Å². The van der Waals surface area contributed by atoms with Gasteiger partial charge in [0, 0.05) is 13.1 Å². The number of hydrogen-bond acceptors (Lipinski definition) is 2. The van der Waals surface area contributed by atoms with Gasteiger partial charge in [0.1, 0.15) is 0 Å². The molecular weight excluding hydrogens is 212 g/mol. The van der Waals surface area contributed by atoms with Crippen LogP contribution in [0, 0.1) is 11.8 Å². The summed E-state index contributed by atoms with van der Waals surface area (Å²) in [5.41, 5.74) is 5.84. The van der Waals surface area contributed by atoms with E-state index in [1.165, 1.54) is 6.42 Å². The lowest BCUT2D eigenvalue weighted by Crippen LogP contribution is -2.44. The number of nitrogens with zero attached hydrogens (tertiary/aromatic N) is 1. The zero-order valence-corrected chi connectivity index (χ0v) is 11.2. The predicted molar refractivity (Wildman–Crippen MR) is 71.5 cm³/mol. The molecule has 1 rings (SSSR count). The second-order valence-corrected chi connectivity index (χ2v) is 5.39. The average Bonchev–Trinajstić information content (AvgIpc) is 2.53. The van der Waals surface area contributed by atoms with Crippen molar-refractivity contribution in [2.24, 2.45) is 17.6 Å². The number of carbonyl (C=O) groups is 1. The van der Waals surface area contributed by atoms with Gasteiger partial charge in [-0.05, 0) is 37.5 Å². The Kier molecular flexibility index (Phi) is 5.69. The van der Waals surface area contributed by atoms with E-state index in [1.54, 1.807) is 6.08 Å². The van der Waals surface area contributed by atoms with Gasteiger partial charge in [-0.15, -0.1) is 6.58 Å². The number of amides is 1. The van der Waals surface area contributed by atoms with E-state index in [1.807, 2.05) is 4.90 Å². The molecule has 2 atom stereocenters. The predicted octanol–water partition coefficient (Wildman–Crippen LogP) is 2.17. The smallest absolute Gasteiger partial charge is 0.239 e. The highest BCUT2D eigenvalue weighted by Gasteiger charge is 2.24. The first-order valence-electron chi connectivity index (χ1n) is 6.71. The van der Waals surface area contributed by atoms with Gasteiger partial charge in [0.15, 0.2) is 0 Å². The third kappa shape index (κ3) is 4.15. The molecule has 0 spiro atoms. The molecule has 98 valence electrons. The molecule has 3 nitrogen and oxygen atoms in total. The van der Waals surface area contributed by atoms with E-state index in [0.717, 1.165) is 31.8 Å². The molecule has 1 aliphatic rings. The summed E-state index contributed by atoms with van der Waals surface area (Å²) in [6.07, 6.45) is 5.75. The lowest BCUT2D eigenvalue weighted by atomic mass is 9.89. The van der Waals surface area contributed by atoms with Crippen LogP contribution >= 0.6 is 0 Å². The summed E-state index contributed by atoms with van der Waals surface area (Å²) in [6.45, 7) is 9.91. The van der Waals surface area contributed by atoms with E-state index in [2.05, 4.69) is 20.4 Å². The van der Waals surface area contributed by atoms with Crippen LogP contribution in [0.2, 0.25) is 0 Å². The van der Waals surface area contributed by atoms with Gasteiger partial charge in [-0.2, -0.15) is 0 Å². The molecule has 17 heavy (non-hydrogen) atoms. The minimum Gasteiger partial charge on any atom is -0.341 e. The molecule has 2 N–H and O–H groups in total. The standard InChI is InChI=1S/C14H26N2O/c1-4-6-13(15)14(17)16-9-5-7-12(8-10-16)11(2)3/h4,11-13H,1,5-10,15H2,2-3H3. The quantitative estimate of drug-likeness (QED) is 0.763. The van der Waals surface area contributed by atoms with E-state index >= 15 is 0 Å². The Bertz CT molecular complexity index is 263. The van der Waals surface area contributed by atoms with Crippen molar-refractivity contribution < 1.29 is 4.79 Å². The number of hydrogen-bond donors (Lipinski definition) is 1. The molecule has 1 fully saturated rings. The molecule has 0 saturated carbocycles. The Morgan fingerprint density at radius 1 is 1.47 bits per heavy atom. The normalized spacial score (nSPS) is 23.3. The van der Waals surface area contributed by atoms with Crippen molar-refractivity contribution in [3.63, 3.8) is 0 Å². The maximum absolute atomic E-state index is 12.1. The van der Waals surface area contributed by atoms with Gasteiger partial charge in [-0.3, -0.25) is 4.79 Å².